The van der Waals surface area contributed by atoms with Gasteiger partial charge in [0.25, 0.3) is 0 Å². The van der Waals surface area contributed by atoms with Crippen LogP contribution in [0.15, 0.2) is 65.6 Å². The molecule has 6 heteroatoms. The van der Waals surface area contributed by atoms with Gasteiger partial charge in [0.2, 0.25) is 10.0 Å². The second kappa shape index (κ2) is 9.00. The van der Waals surface area contributed by atoms with Gasteiger partial charge in [0.05, 0.1) is 4.90 Å². The molecule has 0 amide bonds. The van der Waals surface area contributed by atoms with Gasteiger partial charge in [-0.25, -0.2) is 13.1 Å². The molecular formula is C23H27ClN2O2S. The molecule has 0 bridgehead atoms. The summed E-state index contributed by atoms with van der Waals surface area (Å²) < 4.78 is 28.8. The molecule has 0 aromatic heterocycles. The van der Waals surface area contributed by atoms with Gasteiger partial charge in [0, 0.05) is 30.2 Å². The summed E-state index contributed by atoms with van der Waals surface area (Å²) in [7, 11) is -3.55. The number of hydrogen-bond donors (Lipinski definition) is 1. The van der Waals surface area contributed by atoms with Crippen molar-refractivity contribution >= 4 is 27.2 Å². The molecule has 2 aromatic carbocycles. The SMILES string of the molecule is O=S(=O)(N[C@@H]1CCCC[C@H]1N1CC=C(c2ccccc2)CC1)c1ccc(Cl)cc1. The van der Waals surface area contributed by atoms with Crippen molar-refractivity contribution in [3.05, 3.63) is 71.3 Å². The number of hydrogen-bond acceptors (Lipinski definition) is 3. The maximum atomic E-state index is 12.9. The van der Waals surface area contributed by atoms with E-state index in [2.05, 4.69) is 40.0 Å². The van der Waals surface area contributed by atoms with Crippen LogP contribution >= 0.6 is 11.6 Å². The van der Waals surface area contributed by atoms with Crippen LogP contribution in [0.5, 0.6) is 0 Å². The predicted octanol–water partition coefficient (Wildman–Crippen LogP) is 4.72. The second-order valence-corrected chi connectivity index (χ2v) is 10.0. The molecule has 4 rings (SSSR count). The van der Waals surface area contributed by atoms with Crippen molar-refractivity contribution in [3.8, 4) is 0 Å². The third-order valence-electron chi connectivity index (χ3n) is 6.01. The Hall–Kier alpha value is -1.66. The first-order valence-electron chi connectivity index (χ1n) is 10.3. The quantitative estimate of drug-likeness (QED) is 0.746. The summed E-state index contributed by atoms with van der Waals surface area (Å²) in [6, 6.07) is 17.1. The smallest absolute Gasteiger partial charge is 0.240 e. The van der Waals surface area contributed by atoms with Crippen molar-refractivity contribution < 1.29 is 8.42 Å². The Kier molecular flexibility index (Phi) is 6.40. The number of rotatable bonds is 5. The molecule has 29 heavy (non-hydrogen) atoms. The summed E-state index contributed by atoms with van der Waals surface area (Å²) in [6.07, 6.45) is 7.42. The standard InChI is InChI=1S/C23H27ClN2O2S/c24-20-10-12-21(13-11-20)29(27,28)25-22-8-4-5-9-23(22)26-16-14-19(15-17-26)18-6-2-1-3-7-18/h1-3,6-7,10-14,22-23,25H,4-5,8-9,15-17H2/t22-,23-/m1/s1. The van der Waals surface area contributed by atoms with Crippen molar-refractivity contribution in [3.63, 3.8) is 0 Å². The minimum absolute atomic E-state index is 0.0592. The molecule has 1 aliphatic carbocycles. The number of sulfonamides is 1. The Labute approximate surface area is 178 Å². The molecule has 1 heterocycles. The Morgan fingerprint density at radius 2 is 1.69 bits per heavy atom. The third kappa shape index (κ3) is 4.92. The van der Waals surface area contributed by atoms with Crippen molar-refractivity contribution in [2.75, 3.05) is 13.1 Å². The summed E-state index contributed by atoms with van der Waals surface area (Å²) in [5.41, 5.74) is 2.67. The van der Waals surface area contributed by atoms with Crippen LogP contribution in [0.25, 0.3) is 5.57 Å². The van der Waals surface area contributed by atoms with Crippen LogP contribution in [0.1, 0.15) is 37.7 Å². The van der Waals surface area contributed by atoms with E-state index in [-0.39, 0.29) is 17.0 Å². The number of nitrogens with zero attached hydrogens (tertiary/aromatic N) is 1. The van der Waals surface area contributed by atoms with E-state index in [9.17, 15) is 8.42 Å². The van der Waals surface area contributed by atoms with Crippen LogP contribution in [0.2, 0.25) is 5.02 Å². The Morgan fingerprint density at radius 1 is 0.966 bits per heavy atom. The molecule has 0 unspecified atom stereocenters. The van der Waals surface area contributed by atoms with E-state index in [0.29, 0.717) is 5.02 Å². The zero-order valence-electron chi connectivity index (χ0n) is 16.4. The first-order valence-corrected chi connectivity index (χ1v) is 12.2. The van der Waals surface area contributed by atoms with Crippen LogP contribution in [0, 0.1) is 0 Å². The maximum Gasteiger partial charge on any atom is 0.240 e. The van der Waals surface area contributed by atoms with Gasteiger partial charge in [-0.3, -0.25) is 4.90 Å². The highest BCUT2D eigenvalue weighted by molar-refractivity contribution is 7.89. The lowest BCUT2D eigenvalue weighted by molar-refractivity contribution is 0.144. The molecule has 154 valence electrons. The van der Waals surface area contributed by atoms with E-state index in [1.54, 1.807) is 24.3 Å². The Balaban J connectivity index is 1.47. The molecule has 0 radical (unpaired) electrons. The van der Waals surface area contributed by atoms with Crippen LogP contribution in [0.3, 0.4) is 0 Å². The van der Waals surface area contributed by atoms with E-state index in [1.165, 1.54) is 11.1 Å². The van der Waals surface area contributed by atoms with Crippen molar-refractivity contribution in [1.29, 1.82) is 0 Å². The van der Waals surface area contributed by atoms with E-state index in [0.717, 1.165) is 45.2 Å². The molecule has 4 nitrogen and oxygen atoms in total. The topological polar surface area (TPSA) is 49.4 Å². The Bertz CT molecular complexity index is 958. The van der Waals surface area contributed by atoms with Crippen LogP contribution in [-0.4, -0.2) is 38.5 Å². The van der Waals surface area contributed by atoms with Crippen LogP contribution in [-0.2, 0) is 10.0 Å². The fourth-order valence-corrected chi connectivity index (χ4v) is 5.90. The first kappa shape index (κ1) is 20.6. The van der Waals surface area contributed by atoms with Gasteiger partial charge >= 0.3 is 0 Å². The van der Waals surface area contributed by atoms with Crippen molar-refractivity contribution in [2.45, 2.75) is 49.1 Å². The lowest BCUT2D eigenvalue weighted by Gasteiger charge is -2.41. The average Bonchev–Trinajstić information content (AvgIpc) is 2.75. The lowest BCUT2D eigenvalue weighted by Crippen LogP contribution is -2.54. The maximum absolute atomic E-state index is 12.9. The molecule has 2 aromatic rings. The number of benzene rings is 2. The van der Waals surface area contributed by atoms with Gasteiger partial charge in [-0.2, -0.15) is 0 Å². The molecule has 2 atom stereocenters. The normalized spacial score (nSPS) is 23.6. The summed E-state index contributed by atoms with van der Waals surface area (Å²) in [6.45, 7) is 1.83. The predicted molar refractivity (Wildman–Crippen MR) is 118 cm³/mol. The largest absolute Gasteiger partial charge is 0.295 e. The highest BCUT2D eigenvalue weighted by atomic mass is 35.5. The first-order chi connectivity index (χ1) is 14.0. The number of halogens is 1. The fourth-order valence-electron chi connectivity index (χ4n) is 4.47. The molecule has 1 fully saturated rings. The van der Waals surface area contributed by atoms with E-state index in [4.69, 9.17) is 11.6 Å². The van der Waals surface area contributed by atoms with E-state index in [1.807, 2.05) is 6.07 Å². The molecular weight excluding hydrogens is 404 g/mol. The summed E-state index contributed by atoms with van der Waals surface area (Å²) in [4.78, 5) is 2.72. The van der Waals surface area contributed by atoms with Crippen LogP contribution in [0.4, 0.5) is 0 Å². The monoisotopic (exact) mass is 430 g/mol. The van der Waals surface area contributed by atoms with Gasteiger partial charge in [-0.1, -0.05) is 60.9 Å². The van der Waals surface area contributed by atoms with Gasteiger partial charge in [0.1, 0.15) is 0 Å². The van der Waals surface area contributed by atoms with Crippen LogP contribution < -0.4 is 4.72 Å². The molecule has 0 saturated heterocycles. The van der Waals surface area contributed by atoms with Gasteiger partial charge < -0.3 is 0 Å². The zero-order chi connectivity index (χ0) is 20.3. The highest BCUT2D eigenvalue weighted by Gasteiger charge is 2.33. The summed E-state index contributed by atoms with van der Waals surface area (Å²) in [5, 5.41) is 0.536. The lowest BCUT2D eigenvalue weighted by atomic mass is 9.88. The molecule has 1 saturated carbocycles. The Morgan fingerprint density at radius 3 is 2.38 bits per heavy atom. The van der Waals surface area contributed by atoms with Crippen molar-refractivity contribution in [1.82, 2.24) is 9.62 Å². The fraction of sp³-hybridized carbons (Fsp3) is 0.391. The van der Waals surface area contributed by atoms with Gasteiger partial charge in [-0.15, -0.1) is 0 Å². The third-order valence-corrected chi connectivity index (χ3v) is 7.77. The zero-order valence-corrected chi connectivity index (χ0v) is 18.0. The van der Waals surface area contributed by atoms with Crippen molar-refractivity contribution in [2.24, 2.45) is 0 Å². The van der Waals surface area contributed by atoms with Gasteiger partial charge in [0.15, 0.2) is 0 Å². The molecule has 1 aliphatic heterocycles. The molecule has 2 aliphatic rings. The number of nitrogens with one attached hydrogen (secondary N) is 1. The second-order valence-electron chi connectivity index (χ2n) is 7.87. The molecule has 1 N–H and O–H groups in total. The minimum atomic E-state index is -3.55. The van der Waals surface area contributed by atoms with E-state index >= 15 is 0 Å². The highest BCUT2D eigenvalue weighted by Crippen LogP contribution is 2.29. The van der Waals surface area contributed by atoms with E-state index < -0.39 is 10.0 Å². The average molecular weight is 431 g/mol. The van der Waals surface area contributed by atoms with Gasteiger partial charge in [-0.05, 0) is 54.7 Å². The molecule has 0 spiro atoms. The summed E-state index contributed by atoms with van der Waals surface area (Å²) in [5.74, 6) is 0. The minimum Gasteiger partial charge on any atom is -0.295 e. The summed E-state index contributed by atoms with van der Waals surface area (Å²) >= 11 is 5.91.